The molecule has 0 unspecified atom stereocenters. The Balaban J connectivity index is 3.67. The predicted molar refractivity (Wildman–Crippen MR) is 27.8 cm³/mol. The van der Waals surface area contributed by atoms with E-state index < -0.39 is 13.9 Å². The fraction of sp³-hybridized carbons (Fsp3) is 0. The molecule has 0 N–H and O–H groups in total. The second kappa shape index (κ2) is 4.38. The second-order valence-electron chi connectivity index (χ2n) is 0.808. The van der Waals surface area contributed by atoms with Crippen molar-refractivity contribution in [2.75, 3.05) is 0 Å². The van der Waals surface area contributed by atoms with Gasteiger partial charge in [0.2, 0.25) is 0 Å². The Labute approximate surface area is 47.5 Å². The van der Waals surface area contributed by atoms with Crippen LogP contribution in [0.1, 0.15) is 0 Å². The van der Waals surface area contributed by atoms with Gasteiger partial charge in [0, 0.05) is 0 Å². The summed E-state index contributed by atoms with van der Waals surface area (Å²) < 4.78 is 13.5. The molecule has 0 saturated heterocycles. The van der Waals surface area contributed by atoms with Gasteiger partial charge in [-0.3, -0.25) is 0 Å². The Bertz CT molecular complexity index is 188. The van der Waals surface area contributed by atoms with Gasteiger partial charge in [-0.2, -0.15) is 0 Å². The van der Waals surface area contributed by atoms with Crippen LogP contribution in [-0.2, 0) is 14.1 Å². The zero-order chi connectivity index (χ0) is 6.41. The summed E-state index contributed by atoms with van der Waals surface area (Å²) in [6.07, 6.45) is 0.957. The first-order valence-electron chi connectivity index (χ1n) is 1.72. The first kappa shape index (κ1) is 7.22. The van der Waals surface area contributed by atoms with Crippen molar-refractivity contribution in [3.05, 3.63) is 12.7 Å². The van der Waals surface area contributed by atoms with Crippen molar-refractivity contribution in [1.29, 1.82) is 0 Å². The molecule has 0 amide bonds. The Morgan fingerprint density at radius 2 is 2.50 bits per heavy atom. The van der Waals surface area contributed by atoms with Gasteiger partial charge in [-0.1, -0.05) is 0 Å². The van der Waals surface area contributed by atoms with Crippen LogP contribution < -0.4 is 0 Å². The number of carbonyl (C=O) groups is 1. The van der Waals surface area contributed by atoms with E-state index in [0.29, 0.717) is 0 Å². The number of rotatable bonds is 1. The molecule has 0 fully saturated rings. The zero-order valence-corrected chi connectivity index (χ0v) is 4.85. The van der Waals surface area contributed by atoms with Gasteiger partial charge in [-0.25, -0.2) is 0 Å². The Hall–Kier alpha value is -0.780. The van der Waals surface area contributed by atoms with Gasteiger partial charge in [0.1, 0.15) is 0 Å². The van der Waals surface area contributed by atoms with Crippen molar-refractivity contribution in [3.63, 3.8) is 0 Å². The van der Waals surface area contributed by atoms with Crippen LogP contribution in [0.3, 0.4) is 0 Å². The topological polar surface area (TPSA) is 43.4 Å². The third-order valence-electron chi connectivity index (χ3n) is 0.350. The number of hydrogen-bond acceptors (Lipinski definition) is 3. The van der Waals surface area contributed by atoms with Crippen LogP contribution >= 0.6 is 7.92 Å². The van der Waals surface area contributed by atoms with Gasteiger partial charge in [-0.15, -0.1) is 0 Å². The van der Waals surface area contributed by atoms with Crippen molar-refractivity contribution in [2.45, 2.75) is 0 Å². The zero-order valence-electron chi connectivity index (χ0n) is 3.96. The van der Waals surface area contributed by atoms with Gasteiger partial charge >= 0.3 is 46.4 Å². The van der Waals surface area contributed by atoms with E-state index >= 15 is 0 Å². The molecule has 0 spiro atoms. The van der Waals surface area contributed by atoms with Gasteiger partial charge in [0.05, 0.1) is 0 Å². The van der Waals surface area contributed by atoms with Crippen LogP contribution in [0.4, 0.5) is 0 Å². The van der Waals surface area contributed by atoms with E-state index in [2.05, 4.69) is 11.3 Å². The molecular formula is C4H3O3P. The third-order valence-corrected chi connectivity index (χ3v) is 0.516. The van der Waals surface area contributed by atoms with E-state index in [1.54, 1.807) is 5.81 Å². The molecule has 0 aliphatic carbocycles. The molecule has 0 aromatic carbocycles. The van der Waals surface area contributed by atoms with E-state index in [9.17, 15) is 9.36 Å². The van der Waals surface area contributed by atoms with Gasteiger partial charge < -0.3 is 0 Å². The first-order valence-corrected chi connectivity index (χ1v) is 2.53. The molecule has 0 aliphatic heterocycles. The van der Waals surface area contributed by atoms with Gasteiger partial charge in [0.25, 0.3) is 0 Å². The molecular weight excluding hydrogens is 127 g/mol. The summed E-state index contributed by atoms with van der Waals surface area (Å²) in [4.78, 5) is 10.0. The molecule has 8 heavy (non-hydrogen) atoms. The van der Waals surface area contributed by atoms with Crippen LogP contribution in [0.15, 0.2) is 12.7 Å². The minimum atomic E-state index is -0.659. The summed E-state index contributed by atoms with van der Waals surface area (Å²) in [6.45, 7) is 3.09. The molecule has 42 valence electrons. The maximum atomic E-state index is 10.0. The van der Waals surface area contributed by atoms with Gasteiger partial charge in [0.15, 0.2) is 0 Å². The van der Waals surface area contributed by atoms with Crippen molar-refractivity contribution in [3.8, 4) is 5.81 Å². The van der Waals surface area contributed by atoms with E-state index in [4.69, 9.17) is 0 Å². The molecule has 4 heteroatoms. The summed E-state index contributed by atoms with van der Waals surface area (Å²) in [6, 6.07) is 0. The molecule has 0 bridgehead atoms. The molecule has 0 rings (SSSR count). The Kier molecular flexibility index (Phi) is 3.95. The summed E-state index contributed by atoms with van der Waals surface area (Å²) in [7, 11) is -0.441. The SMILES string of the molecule is C=CC(=O)OC#P=O. The van der Waals surface area contributed by atoms with Crippen molar-refractivity contribution < 1.29 is 14.1 Å². The maximum absolute atomic E-state index is 10.0. The standard InChI is InChI=1S/C4H3O3P/c1-2-4(5)7-3-8-6/h2H,1H2. The van der Waals surface area contributed by atoms with E-state index in [1.165, 1.54) is 0 Å². The molecule has 3 nitrogen and oxygen atoms in total. The van der Waals surface area contributed by atoms with Crippen molar-refractivity contribution >= 4 is 13.9 Å². The molecule has 0 atom stereocenters. The monoisotopic (exact) mass is 130 g/mol. The molecule has 0 aromatic rings. The van der Waals surface area contributed by atoms with Crippen LogP contribution in [0.5, 0.6) is 0 Å². The van der Waals surface area contributed by atoms with E-state index in [-0.39, 0.29) is 0 Å². The summed E-state index contributed by atoms with van der Waals surface area (Å²) in [5, 5.41) is 0. The molecule has 0 aliphatic rings. The first-order chi connectivity index (χ1) is 3.81. The molecule has 0 radical (unpaired) electrons. The number of carbonyl (C=O) groups excluding carboxylic acids is 1. The number of hydrogen-bond donors (Lipinski definition) is 0. The van der Waals surface area contributed by atoms with Crippen LogP contribution in [-0.4, -0.2) is 5.97 Å². The molecule has 0 aromatic heterocycles. The fourth-order valence-electron chi connectivity index (χ4n) is 0.105. The normalized spacial score (nSPS) is 6.50. The Morgan fingerprint density at radius 3 is 2.88 bits per heavy atom. The third kappa shape index (κ3) is 3.41. The van der Waals surface area contributed by atoms with Crippen molar-refractivity contribution in [2.24, 2.45) is 0 Å². The van der Waals surface area contributed by atoms with Crippen LogP contribution in [0.2, 0.25) is 0 Å². The van der Waals surface area contributed by atoms with Crippen LogP contribution in [0, 0.1) is 5.81 Å². The second-order valence-corrected chi connectivity index (χ2v) is 1.17. The average Bonchev–Trinajstić information content (AvgIpc) is 1.83. The van der Waals surface area contributed by atoms with Crippen LogP contribution in [0.25, 0.3) is 0 Å². The van der Waals surface area contributed by atoms with Crippen molar-refractivity contribution in [1.82, 2.24) is 0 Å². The summed E-state index contributed by atoms with van der Waals surface area (Å²) in [5.41, 5.74) is 0. The summed E-state index contributed by atoms with van der Waals surface area (Å²) >= 11 is 0. The number of ether oxygens (including phenoxy) is 1. The van der Waals surface area contributed by atoms with E-state index in [1.807, 2.05) is 0 Å². The molecule has 0 heterocycles. The van der Waals surface area contributed by atoms with E-state index in [0.717, 1.165) is 6.08 Å². The number of esters is 1. The fourth-order valence-corrected chi connectivity index (χ4v) is 0.233. The Morgan fingerprint density at radius 1 is 1.88 bits per heavy atom. The average molecular weight is 130 g/mol. The predicted octanol–water partition coefficient (Wildman–Crippen LogP) is 0.924. The quantitative estimate of drug-likeness (QED) is 0.301. The van der Waals surface area contributed by atoms with Gasteiger partial charge in [-0.05, 0) is 0 Å². The molecule has 0 saturated carbocycles. The summed E-state index contributed by atoms with van der Waals surface area (Å²) in [5.74, 6) is 1.14. The minimum absolute atomic E-state index is 0.441.